The predicted octanol–water partition coefficient (Wildman–Crippen LogP) is 1.04. The van der Waals surface area contributed by atoms with Crippen molar-refractivity contribution in [3.8, 4) is 0 Å². The Hall–Kier alpha value is -2.15. The number of nitrogens with one attached hydrogen (secondary N) is 1. The number of ether oxygens (including phenoxy) is 1. The van der Waals surface area contributed by atoms with Crippen molar-refractivity contribution in [3.05, 3.63) is 24.4 Å². The first-order valence-electron chi connectivity index (χ1n) is 6.40. The second-order valence-electron chi connectivity index (χ2n) is 4.27. The number of hydrogen-bond donors (Lipinski definition) is 3. The molecule has 0 saturated heterocycles. The number of carbonyl (C=O) groups excluding carboxylic acids is 2. The van der Waals surface area contributed by atoms with Gasteiger partial charge in [-0.1, -0.05) is 19.4 Å². The van der Waals surface area contributed by atoms with Crippen LogP contribution in [0.25, 0.3) is 0 Å². The molecule has 110 valence electrons. The fourth-order valence-electron chi connectivity index (χ4n) is 1.64. The summed E-state index contributed by atoms with van der Waals surface area (Å²) in [6.07, 6.45) is -0.0609. The molecule has 0 spiro atoms. The van der Waals surface area contributed by atoms with E-state index in [2.05, 4.69) is 10.3 Å². The molecule has 2 amide bonds. The lowest BCUT2D eigenvalue weighted by molar-refractivity contribution is -0.129. The lowest BCUT2D eigenvalue weighted by Crippen LogP contribution is -2.41. The number of primary amides is 1. The third kappa shape index (κ3) is 5.23. The lowest BCUT2D eigenvalue weighted by Gasteiger charge is -2.21. The highest BCUT2D eigenvalue weighted by Crippen LogP contribution is 2.12. The summed E-state index contributed by atoms with van der Waals surface area (Å²) in [6.45, 7) is 1.95. The van der Waals surface area contributed by atoms with Crippen LogP contribution in [0.4, 0.5) is 10.6 Å². The third-order valence-corrected chi connectivity index (χ3v) is 2.65. The van der Waals surface area contributed by atoms with Gasteiger partial charge in [0.05, 0.1) is 0 Å². The van der Waals surface area contributed by atoms with E-state index >= 15 is 0 Å². The Morgan fingerprint density at radius 3 is 2.80 bits per heavy atom. The van der Waals surface area contributed by atoms with Gasteiger partial charge in [0.25, 0.3) is 5.91 Å². The number of rotatable bonds is 7. The number of nitrogens with zero attached hydrogens (tertiary/aromatic N) is 1. The van der Waals surface area contributed by atoms with Gasteiger partial charge in [0.15, 0.2) is 6.10 Å². The van der Waals surface area contributed by atoms with Gasteiger partial charge in [-0.25, -0.2) is 9.78 Å². The lowest BCUT2D eigenvalue weighted by atomic mass is 10.1. The molecule has 0 fully saturated rings. The van der Waals surface area contributed by atoms with E-state index < -0.39 is 24.2 Å². The molecule has 1 aromatic rings. The summed E-state index contributed by atoms with van der Waals surface area (Å²) in [5, 5.41) is 12.4. The number of aromatic nitrogens is 1. The van der Waals surface area contributed by atoms with Gasteiger partial charge < -0.3 is 20.9 Å². The number of nitrogens with two attached hydrogens (primary N) is 1. The molecular weight excluding hydrogens is 262 g/mol. The molecule has 7 nitrogen and oxygen atoms in total. The maximum absolute atomic E-state index is 11.9. The number of carbonyl (C=O) groups is 2. The quantitative estimate of drug-likeness (QED) is 0.690. The van der Waals surface area contributed by atoms with E-state index in [1.165, 1.54) is 6.20 Å². The molecule has 0 aliphatic rings. The van der Waals surface area contributed by atoms with Gasteiger partial charge in [-0.2, -0.15) is 0 Å². The molecular formula is C13H19N3O4. The molecule has 1 aromatic heterocycles. The van der Waals surface area contributed by atoms with Crippen molar-refractivity contribution in [1.29, 1.82) is 0 Å². The van der Waals surface area contributed by atoms with Crippen molar-refractivity contribution in [1.82, 2.24) is 4.98 Å². The van der Waals surface area contributed by atoms with Crippen LogP contribution >= 0.6 is 0 Å². The minimum Gasteiger partial charge on any atom is -0.443 e. The van der Waals surface area contributed by atoms with Crippen molar-refractivity contribution in [2.24, 2.45) is 5.73 Å². The zero-order chi connectivity index (χ0) is 15.0. The third-order valence-electron chi connectivity index (χ3n) is 2.65. The van der Waals surface area contributed by atoms with E-state index in [-0.39, 0.29) is 0 Å². The number of pyridine rings is 1. The molecule has 1 heterocycles. The number of aliphatic hydroxyl groups is 1. The van der Waals surface area contributed by atoms with Crippen LogP contribution in [0.15, 0.2) is 24.4 Å². The molecule has 1 rings (SSSR count). The topological polar surface area (TPSA) is 115 Å². The molecule has 7 heteroatoms. The van der Waals surface area contributed by atoms with Crippen LogP contribution in [0.3, 0.4) is 0 Å². The summed E-state index contributed by atoms with van der Waals surface area (Å²) in [5.74, 6) is -0.379. The molecule has 0 saturated carbocycles. The van der Waals surface area contributed by atoms with Crippen molar-refractivity contribution >= 4 is 17.8 Å². The summed E-state index contributed by atoms with van der Waals surface area (Å²) in [7, 11) is 0. The molecule has 20 heavy (non-hydrogen) atoms. The molecule has 0 aromatic carbocycles. The van der Waals surface area contributed by atoms with Crippen LogP contribution in [-0.2, 0) is 9.53 Å². The number of aliphatic hydroxyl groups excluding tert-OH is 1. The monoisotopic (exact) mass is 281 g/mol. The van der Waals surface area contributed by atoms with Crippen LogP contribution in [0, 0.1) is 0 Å². The summed E-state index contributed by atoms with van der Waals surface area (Å²) >= 11 is 0. The smallest absolute Gasteiger partial charge is 0.404 e. The molecule has 2 atom stereocenters. The van der Waals surface area contributed by atoms with Crippen molar-refractivity contribution < 1.29 is 19.4 Å². The molecule has 0 bridgehead atoms. The van der Waals surface area contributed by atoms with Gasteiger partial charge >= 0.3 is 6.09 Å². The van der Waals surface area contributed by atoms with Crippen molar-refractivity contribution in [2.75, 3.05) is 5.32 Å². The fourth-order valence-corrected chi connectivity index (χ4v) is 1.64. The molecule has 0 aliphatic carbocycles. The number of hydrogen-bond acceptors (Lipinski definition) is 5. The number of amides is 2. The second kappa shape index (κ2) is 8.11. The minimum absolute atomic E-state index is 0.310. The fraction of sp³-hybridized carbons (Fsp3) is 0.462. The largest absolute Gasteiger partial charge is 0.443 e. The van der Waals surface area contributed by atoms with Gasteiger partial charge in [0.2, 0.25) is 0 Å². The van der Waals surface area contributed by atoms with Gasteiger partial charge in [-0.05, 0) is 25.0 Å². The van der Waals surface area contributed by atoms with E-state index in [4.69, 9.17) is 10.5 Å². The Bertz CT molecular complexity index is 439. The van der Waals surface area contributed by atoms with Crippen LogP contribution in [0.1, 0.15) is 26.2 Å². The summed E-state index contributed by atoms with van der Waals surface area (Å²) in [5.41, 5.74) is 4.94. The van der Waals surface area contributed by atoms with E-state index in [0.29, 0.717) is 18.7 Å². The molecule has 1 unspecified atom stereocenters. The maximum atomic E-state index is 11.9. The number of anilines is 1. The maximum Gasteiger partial charge on any atom is 0.404 e. The highest BCUT2D eigenvalue weighted by Gasteiger charge is 2.28. The first-order valence-corrected chi connectivity index (χ1v) is 6.40. The Balaban J connectivity index is 2.64. The van der Waals surface area contributed by atoms with Gasteiger partial charge in [0.1, 0.15) is 11.9 Å². The number of unbranched alkanes of at least 4 members (excludes halogenated alkanes) is 1. The van der Waals surface area contributed by atoms with Crippen LogP contribution < -0.4 is 11.1 Å². The minimum atomic E-state index is -1.49. The SMILES string of the molecule is CCCCC(OC(N)=O)[C@@H](O)C(=O)Nc1ccccn1. The van der Waals surface area contributed by atoms with Gasteiger partial charge in [-0.3, -0.25) is 4.79 Å². The Labute approximate surface area is 117 Å². The van der Waals surface area contributed by atoms with E-state index in [0.717, 1.165) is 6.42 Å². The summed E-state index contributed by atoms with van der Waals surface area (Å²) < 4.78 is 4.78. The average molecular weight is 281 g/mol. The van der Waals surface area contributed by atoms with Crippen LogP contribution in [0.5, 0.6) is 0 Å². The molecule has 0 aliphatic heterocycles. The zero-order valence-corrected chi connectivity index (χ0v) is 11.3. The van der Waals surface area contributed by atoms with E-state index in [1.807, 2.05) is 6.92 Å². The average Bonchev–Trinajstić information content (AvgIpc) is 2.43. The van der Waals surface area contributed by atoms with Crippen molar-refractivity contribution in [3.63, 3.8) is 0 Å². The van der Waals surface area contributed by atoms with Gasteiger partial charge in [-0.15, -0.1) is 0 Å². The standard InChI is InChI=1S/C13H19N3O4/c1-2-3-6-9(20-13(14)19)11(17)12(18)16-10-7-4-5-8-15-10/h4-5,7-9,11,17H,2-3,6H2,1H3,(H2,14,19)(H,15,16,18)/t9?,11-/m1/s1. The van der Waals surface area contributed by atoms with Crippen molar-refractivity contribution in [2.45, 2.75) is 38.4 Å². The predicted molar refractivity (Wildman–Crippen MR) is 72.9 cm³/mol. The Kier molecular flexibility index (Phi) is 6.45. The van der Waals surface area contributed by atoms with Crippen LogP contribution in [-0.4, -0.2) is 34.3 Å². The highest BCUT2D eigenvalue weighted by atomic mass is 16.6. The Morgan fingerprint density at radius 2 is 2.25 bits per heavy atom. The molecule has 0 radical (unpaired) electrons. The Morgan fingerprint density at radius 1 is 1.50 bits per heavy atom. The van der Waals surface area contributed by atoms with Crippen LogP contribution in [0.2, 0.25) is 0 Å². The molecule has 4 N–H and O–H groups in total. The van der Waals surface area contributed by atoms with Gasteiger partial charge in [0, 0.05) is 6.20 Å². The first kappa shape index (κ1) is 15.9. The highest BCUT2D eigenvalue weighted by molar-refractivity contribution is 5.93. The second-order valence-corrected chi connectivity index (χ2v) is 4.27. The first-order chi connectivity index (χ1) is 9.54. The zero-order valence-electron chi connectivity index (χ0n) is 11.3. The summed E-state index contributed by atoms with van der Waals surface area (Å²) in [6, 6.07) is 4.98. The van der Waals surface area contributed by atoms with E-state index in [9.17, 15) is 14.7 Å². The van der Waals surface area contributed by atoms with E-state index in [1.54, 1.807) is 18.2 Å². The summed E-state index contributed by atoms with van der Waals surface area (Å²) in [4.78, 5) is 26.6. The normalized spacial score (nSPS) is 13.3.